The number of anilines is 1. The third kappa shape index (κ3) is 2.89. The van der Waals surface area contributed by atoms with Crippen molar-refractivity contribution in [2.75, 3.05) is 11.9 Å². The third-order valence-corrected chi connectivity index (χ3v) is 3.28. The molecule has 0 aliphatic heterocycles. The lowest BCUT2D eigenvalue weighted by molar-refractivity contribution is 0.359. The van der Waals surface area contributed by atoms with Gasteiger partial charge in [-0.05, 0) is 18.2 Å². The lowest BCUT2D eigenvalue weighted by Gasteiger charge is -2.12. The zero-order chi connectivity index (χ0) is 14.5. The van der Waals surface area contributed by atoms with E-state index in [9.17, 15) is 0 Å². The maximum atomic E-state index is 5.67. The van der Waals surface area contributed by atoms with Crippen molar-refractivity contribution in [2.24, 2.45) is 0 Å². The van der Waals surface area contributed by atoms with Gasteiger partial charge in [-0.1, -0.05) is 36.9 Å². The second kappa shape index (κ2) is 6.13. The molecule has 4 nitrogen and oxygen atoms in total. The molecular formula is C17H17N3O. The van der Waals surface area contributed by atoms with Gasteiger partial charge in [-0.3, -0.25) is 5.10 Å². The molecule has 0 unspecified atom stereocenters. The Balaban J connectivity index is 1.78. The highest BCUT2D eigenvalue weighted by molar-refractivity contribution is 5.90. The van der Waals surface area contributed by atoms with Crippen LogP contribution in [-0.4, -0.2) is 16.8 Å². The molecule has 2 N–H and O–H groups in total. The number of hydrogen-bond donors (Lipinski definition) is 2. The summed E-state index contributed by atoms with van der Waals surface area (Å²) in [6.07, 6.45) is 3.58. The van der Waals surface area contributed by atoms with Gasteiger partial charge in [0.25, 0.3) is 0 Å². The summed E-state index contributed by atoms with van der Waals surface area (Å²) >= 11 is 0. The van der Waals surface area contributed by atoms with Crippen LogP contribution in [0.5, 0.6) is 5.75 Å². The fourth-order valence-electron chi connectivity index (χ4n) is 2.25. The molecule has 0 fully saturated rings. The fraction of sp³-hybridized carbons (Fsp3) is 0.118. The van der Waals surface area contributed by atoms with Crippen LogP contribution in [0.25, 0.3) is 10.9 Å². The first kappa shape index (κ1) is 13.2. The second-order valence-electron chi connectivity index (χ2n) is 4.70. The summed E-state index contributed by atoms with van der Waals surface area (Å²) in [6.45, 7) is 4.88. The third-order valence-electron chi connectivity index (χ3n) is 3.28. The van der Waals surface area contributed by atoms with Crippen LogP contribution in [0.3, 0.4) is 0 Å². The summed E-state index contributed by atoms with van der Waals surface area (Å²) in [5.74, 6) is 0.879. The van der Waals surface area contributed by atoms with Crippen LogP contribution in [0, 0.1) is 0 Å². The number of aromatic nitrogens is 2. The smallest absolute Gasteiger partial charge is 0.124 e. The Morgan fingerprint density at radius 3 is 3.00 bits per heavy atom. The number of hydrogen-bond acceptors (Lipinski definition) is 3. The number of H-pyrrole nitrogens is 1. The van der Waals surface area contributed by atoms with E-state index < -0.39 is 0 Å². The van der Waals surface area contributed by atoms with Crippen molar-refractivity contribution in [3.63, 3.8) is 0 Å². The fourth-order valence-corrected chi connectivity index (χ4v) is 2.25. The summed E-state index contributed by atoms with van der Waals surface area (Å²) in [5, 5.41) is 11.6. The van der Waals surface area contributed by atoms with E-state index in [0.29, 0.717) is 13.2 Å². The maximum Gasteiger partial charge on any atom is 0.124 e. The van der Waals surface area contributed by atoms with Crippen molar-refractivity contribution in [3.05, 3.63) is 66.9 Å². The molecular weight excluding hydrogens is 262 g/mol. The van der Waals surface area contributed by atoms with Gasteiger partial charge in [-0.25, -0.2) is 0 Å². The van der Waals surface area contributed by atoms with Crippen LogP contribution in [0.4, 0.5) is 5.69 Å². The molecule has 0 amide bonds. The standard InChI is InChI=1S/C17H17N3O/c1-2-10-21-17-9-4-3-6-13(17)11-18-15-7-5-8-16-14(15)12-19-20-16/h2-9,12,18H,1,10-11H2,(H,19,20). The molecule has 0 atom stereocenters. The number of rotatable bonds is 6. The Kier molecular flexibility index (Phi) is 3.87. The van der Waals surface area contributed by atoms with E-state index in [-0.39, 0.29) is 0 Å². The average molecular weight is 279 g/mol. The normalized spacial score (nSPS) is 10.5. The highest BCUT2D eigenvalue weighted by Gasteiger charge is 2.05. The molecule has 0 spiro atoms. The van der Waals surface area contributed by atoms with Gasteiger partial charge in [0.15, 0.2) is 0 Å². The summed E-state index contributed by atoms with van der Waals surface area (Å²) in [6, 6.07) is 14.1. The molecule has 3 aromatic rings. The zero-order valence-electron chi connectivity index (χ0n) is 11.7. The minimum atomic E-state index is 0.508. The summed E-state index contributed by atoms with van der Waals surface area (Å²) in [7, 11) is 0. The number of fused-ring (bicyclic) bond motifs is 1. The highest BCUT2D eigenvalue weighted by atomic mass is 16.5. The van der Waals surface area contributed by atoms with Crippen molar-refractivity contribution in [1.82, 2.24) is 10.2 Å². The number of nitrogens with zero attached hydrogens (tertiary/aromatic N) is 1. The van der Waals surface area contributed by atoms with Gasteiger partial charge >= 0.3 is 0 Å². The largest absolute Gasteiger partial charge is 0.489 e. The predicted molar refractivity (Wildman–Crippen MR) is 85.6 cm³/mol. The van der Waals surface area contributed by atoms with Crippen molar-refractivity contribution >= 4 is 16.6 Å². The van der Waals surface area contributed by atoms with Gasteiger partial charge in [0.05, 0.1) is 11.7 Å². The molecule has 3 rings (SSSR count). The highest BCUT2D eigenvalue weighted by Crippen LogP contribution is 2.24. The van der Waals surface area contributed by atoms with Gasteiger partial charge < -0.3 is 10.1 Å². The van der Waals surface area contributed by atoms with E-state index in [4.69, 9.17) is 4.74 Å². The van der Waals surface area contributed by atoms with Crippen molar-refractivity contribution < 1.29 is 4.74 Å². The van der Waals surface area contributed by atoms with Crippen LogP contribution in [-0.2, 0) is 6.54 Å². The number of aromatic amines is 1. The number of para-hydroxylation sites is 1. The number of nitrogens with one attached hydrogen (secondary N) is 2. The van der Waals surface area contributed by atoms with Gasteiger partial charge in [-0.15, -0.1) is 0 Å². The number of ether oxygens (including phenoxy) is 1. The molecule has 0 radical (unpaired) electrons. The summed E-state index contributed by atoms with van der Waals surface area (Å²) in [5.41, 5.74) is 3.19. The first-order chi connectivity index (χ1) is 10.4. The first-order valence-electron chi connectivity index (χ1n) is 6.86. The van der Waals surface area contributed by atoms with E-state index in [1.165, 1.54) is 0 Å². The molecule has 0 bridgehead atoms. The Morgan fingerprint density at radius 1 is 1.19 bits per heavy atom. The SMILES string of the molecule is C=CCOc1ccccc1CNc1cccc2[nH]ncc12. The molecule has 4 heteroatoms. The second-order valence-corrected chi connectivity index (χ2v) is 4.70. The Bertz CT molecular complexity index is 748. The molecule has 106 valence electrons. The van der Waals surface area contributed by atoms with Gasteiger partial charge in [0.2, 0.25) is 0 Å². The van der Waals surface area contributed by atoms with Gasteiger partial charge in [-0.2, -0.15) is 5.10 Å². The van der Waals surface area contributed by atoms with Gasteiger partial charge in [0.1, 0.15) is 12.4 Å². The van der Waals surface area contributed by atoms with E-state index in [0.717, 1.165) is 27.9 Å². The van der Waals surface area contributed by atoms with Gasteiger partial charge in [0, 0.05) is 23.2 Å². The number of benzene rings is 2. The van der Waals surface area contributed by atoms with E-state index in [1.807, 2.05) is 42.6 Å². The van der Waals surface area contributed by atoms with Crippen LogP contribution in [0.2, 0.25) is 0 Å². The molecule has 0 saturated heterocycles. The minimum Gasteiger partial charge on any atom is -0.489 e. The van der Waals surface area contributed by atoms with Crippen molar-refractivity contribution in [1.29, 1.82) is 0 Å². The Morgan fingerprint density at radius 2 is 2.10 bits per heavy atom. The van der Waals surface area contributed by atoms with Crippen LogP contribution in [0.1, 0.15) is 5.56 Å². The maximum absolute atomic E-state index is 5.67. The van der Waals surface area contributed by atoms with Crippen LogP contribution >= 0.6 is 0 Å². The quantitative estimate of drug-likeness (QED) is 0.676. The topological polar surface area (TPSA) is 49.9 Å². The zero-order valence-corrected chi connectivity index (χ0v) is 11.7. The molecule has 0 saturated carbocycles. The van der Waals surface area contributed by atoms with Crippen molar-refractivity contribution in [2.45, 2.75) is 6.54 Å². The summed E-state index contributed by atoms with van der Waals surface area (Å²) in [4.78, 5) is 0. The molecule has 21 heavy (non-hydrogen) atoms. The average Bonchev–Trinajstić information content (AvgIpc) is 3.01. The van der Waals surface area contributed by atoms with Crippen LogP contribution < -0.4 is 10.1 Å². The molecule has 2 aromatic carbocycles. The monoisotopic (exact) mass is 279 g/mol. The molecule has 1 aromatic heterocycles. The first-order valence-corrected chi connectivity index (χ1v) is 6.86. The Labute approximate surface area is 123 Å². The lowest BCUT2D eigenvalue weighted by Crippen LogP contribution is -2.03. The van der Waals surface area contributed by atoms with Crippen molar-refractivity contribution in [3.8, 4) is 5.75 Å². The minimum absolute atomic E-state index is 0.508. The molecule has 0 aliphatic rings. The molecule has 1 heterocycles. The predicted octanol–water partition coefficient (Wildman–Crippen LogP) is 3.74. The lowest BCUT2D eigenvalue weighted by atomic mass is 10.1. The molecule has 0 aliphatic carbocycles. The van der Waals surface area contributed by atoms with Crippen LogP contribution in [0.15, 0.2) is 61.3 Å². The van der Waals surface area contributed by atoms with E-state index in [1.54, 1.807) is 6.08 Å². The summed E-state index contributed by atoms with van der Waals surface area (Å²) < 4.78 is 5.67. The Hall–Kier alpha value is -2.75. The van der Waals surface area contributed by atoms with E-state index >= 15 is 0 Å². The van der Waals surface area contributed by atoms with E-state index in [2.05, 4.69) is 28.2 Å².